The molecular weight excluding hydrogens is 532 g/mol. The molecule has 0 amide bonds. The van der Waals surface area contributed by atoms with Crippen molar-refractivity contribution in [3.05, 3.63) is 52.6 Å². The highest BCUT2D eigenvalue weighted by molar-refractivity contribution is 6.32. The standard InChI is InChI=1S/C35H40O7/c1-8-19-10-11-21(14-20(19)9-2)22-12-13-24(37)26-23(22)15-33(6)16-34(7)27(17(3)4)29(38)25(18(5)36)31(40)35(34,42)32(41)28(33)30(26)39/h10-14,17,25,27-28,37,42H,8-9,15-16H2,1-7H3/t25?,27?,28?,33-,34-,35+/m1/s1. The SMILES string of the molecule is CCc1ccc(-c2ccc(O)c3c2C[C@]2(C)C[C@]4(C)C(C(C)C)C(=O)C(C(C)=O)C(=O)[C@]4(O)C(=O)C2C3=O)cc1CC. The molecule has 7 heteroatoms. The van der Waals surface area contributed by atoms with Crippen LogP contribution in [0.5, 0.6) is 5.75 Å². The number of aliphatic hydroxyl groups is 1. The van der Waals surface area contributed by atoms with E-state index in [-0.39, 0.29) is 30.1 Å². The minimum absolute atomic E-state index is 0.0241. The van der Waals surface area contributed by atoms with Gasteiger partial charge in [0, 0.05) is 11.3 Å². The smallest absolute Gasteiger partial charge is 0.190 e. The van der Waals surface area contributed by atoms with Crippen LogP contribution >= 0.6 is 0 Å². The number of phenols is 1. The summed E-state index contributed by atoms with van der Waals surface area (Å²) < 4.78 is 0. The van der Waals surface area contributed by atoms with Crippen molar-refractivity contribution in [2.24, 2.45) is 34.5 Å². The van der Waals surface area contributed by atoms with Crippen molar-refractivity contribution < 1.29 is 34.2 Å². The van der Waals surface area contributed by atoms with E-state index in [1.54, 1.807) is 33.8 Å². The molecule has 2 saturated carbocycles. The molecule has 2 N–H and O–H groups in total. The summed E-state index contributed by atoms with van der Waals surface area (Å²) in [4.78, 5) is 68.7. The molecule has 5 rings (SSSR count). The second-order valence-corrected chi connectivity index (χ2v) is 13.5. The van der Waals surface area contributed by atoms with Gasteiger partial charge < -0.3 is 10.2 Å². The van der Waals surface area contributed by atoms with Crippen LogP contribution in [0.15, 0.2) is 30.3 Å². The second-order valence-electron chi connectivity index (χ2n) is 13.5. The van der Waals surface area contributed by atoms with Gasteiger partial charge in [-0.2, -0.15) is 0 Å². The Bertz CT molecular complexity index is 1570. The average Bonchev–Trinajstić information content (AvgIpc) is 2.90. The quantitative estimate of drug-likeness (QED) is 0.489. The Morgan fingerprint density at radius 3 is 2.19 bits per heavy atom. The van der Waals surface area contributed by atoms with Crippen LogP contribution in [0.25, 0.3) is 11.1 Å². The highest BCUT2D eigenvalue weighted by atomic mass is 16.3. The molecule has 0 saturated heterocycles. The zero-order chi connectivity index (χ0) is 31.1. The summed E-state index contributed by atoms with van der Waals surface area (Å²) in [7, 11) is 0. The van der Waals surface area contributed by atoms with Gasteiger partial charge in [0.2, 0.25) is 0 Å². The number of carbonyl (C=O) groups excluding carboxylic acids is 5. The number of aryl methyl sites for hydroxylation is 2. The molecule has 3 unspecified atom stereocenters. The summed E-state index contributed by atoms with van der Waals surface area (Å²) in [6.45, 7) is 12.2. The van der Waals surface area contributed by atoms with Gasteiger partial charge in [0.15, 0.2) is 28.7 Å². The van der Waals surface area contributed by atoms with Crippen molar-refractivity contribution >= 4 is 28.9 Å². The molecule has 3 aliphatic carbocycles. The number of benzene rings is 2. The van der Waals surface area contributed by atoms with E-state index < -0.39 is 63.1 Å². The van der Waals surface area contributed by atoms with Gasteiger partial charge >= 0.3 is 0 Å². The van der Waals surface area contributed by atoms with Gasteiger partial charge in [-0.1, -0.05) is 65.8 Å². The summed E-state index contributed by atoms with van der Waals surface area (Å²) in [6, 6.07) is 9.42. The van der Waals surface area contributed by atoms with Crippen LogP contribution < -0.4 is 0 Å². The number of phenolic OH excluding ortho intramolecular Hbond substituents is 1. The van der Waals surface area contributed by atoms with Crippen LogP contribution in [-0.2, 0) is 38.4 Å². The highest BCUT2D eigenvalue weighted by Gasteiger charge is 2.76. The molecule has 0 radical (unpaired) electrons. The minimum atomic E-state index is -2.69. The number of Topliss-reactive ketones (excluding diaryl/α,β-unsaturated/α-hetero) is 5. The first-order chi connectivity index (χ1) is 19.6. The first-order valence-corrected chi connectivity index (χ1v) is 14.9. The Balaban J connectivity index is 1.73. The van der Waals surface area contributed by atoms with E-state index in [9.17, 15) is 34.2 Å². The number of fused-ring (bicyclic) bond motifs is 3. The molecule has 0 spiro atoms. The Labute approximate surface area is 246 Å². The van der Waals surface area contributed by atoms with Crippen molar-refractivity contribution in [3.63, 3.8) is 0 Å². The molecular formula is C35H40O7. The van der Waals surface area contributed by atoms with Crippen LogP contribution in [0.2, 0.25) is 0 Å². The van der Waals surface area contributed by atoms with Crippen LogP contribution in [0.1, 0.15) is 81.9 Å². The lowest BCUT2D eigenvalue weighted by Gasteiger charge is -2.61. The third-order valence-electron chi connectivity index (χ3n) is 10.5. The average molecular weight is 573 g/mol. The Kier molecular flexibility index (Phi) is 7.00. The molecule has 2 fully saturated rings. The van der Waals surface area contributed by atoms with Crippen molar-refractivity contribution in [1.82, 2.24) is 0 Å². The molecule has 222 valence electrons. The van der Waals surface area contributed by atoms with Gasteiger partial charge in [-0.15, -0.1) is 0 Å². The van der Waals surface area contributed by atoms with E-state index in [1.165, 1.54) is 17.2 Å². The van der Waals surface area contributed by atoms with Gasteiger partial charge in [0.25, 0.3) is 0 Å². The zero-order valence-electron chi connectivity index (χ0n) is 25.5. The van der Waals surface area contributed by atoms with Crippen LogP contribution in [0, 0.1) is 34.5 Å². The van der Waals surface area contributed by atoms with Crippen LogP contribution in [-0.4, -0.2) is 44.7 Å². The predicted octanol–water partition coefficient (Wildman–Crippen LogP) is 4.88. The predicted molar refractivity (Wildman–Crippen MR) is 157 cm³/mol. The fraction of sp³-hybridized carbons (Fsp3) is 0.514. The Morgan fingerprint density at radius 2 is 1.62 bits per heavy atom. The topological polar surface area (TPSA) is 126 Å². The number of carbonyl (C=O) groups is 5. The molecule has 2 aromatic rings. The Hall–Kier alpha value is -3.45. The third kappa shape index (κ3) is 3.78. The number of ketones is 5. The monoisotopic (exact) mass is 572 g/mol. The molecule has 3 aliphatic rings. The lowest BCUT2D eigenvalue weighted by atomic mass is 9.40. The summed E-state index contributed by atoms with van der Waals surface area (Å²) in [5.41, 5.74) is -0.548. The number of aromatic hydroxyl groups is 1. The number of hydrogen-bond acceptors (Lipinski definition) is 7. The summed E-state index contributed by atoms with van der Waals surface area (Å²) in [5, 5.41) is 23.1. The molecule has 0 aliphatic heterocycles. The summed E-state index contributed by atoms with van der Waals surface area (Å²) in [6.07, 6.45) is 1.98. The second kappa shape index (κ2) is 9.80. The van der Waals surface area contributed by atoms with E-state index in [0.717, 1.165) is 30.9 Å². The maximum Gasteiger partial charge on any atom is 0.190 e. The van der Waals surface area contributed by atoms with Gasteiger partial charge in [-0.25, -0.2) is 0 Å². The lowest BCUT2D eigenvalue weighted by Crippen LogP contribution is -2.76. The van der Waals surface area contributed by atoms with Gasteiger partial charge in [-0.05, 0) is 77.8 Å². The van der Waals surface area contributed by atoms with E-state index in [4.69, 9.17) is 0 Å². The van der Waals surface area contributed by atoms with Crippen molar-refractivity contribution in [2.75, 3.05) is 0 Å². The van der Waals surface area contributed by atoms with E-state index in [0.29, 0.717) is 5.56 Å². The fourth-order valence-electron chi connectivity index (χ4n) is 8.87. The largest absolute Gasteiger partial charge is 0.507 e. The first kappa shape index (κ1) is 30.0. The normalized spacial score (nSPS) is 32.5. The molecule has 0 heterocycles. The number of hydrogen-bond donors (Lipinski definition) is 2. The van der Waals surface area contributed by atoms with E-state index >= 15 is 0 Å². The van der Waals surface area contributed by atoms with Crippen LogP contribution in [0.3, 0.4) is 0 Å². The minimum Gasteiger partial charge on any atom is -0.507 e. The van der Waals surface area contributed by atoms with E-state index in [1.807, 2.05) is 6.07 Å². The van der Waals surface area contributed by atoms with Crippen molar-refractivity contribution in [2.45, 2.75) is 79.8 Å². The molecule has 2 aromatic carbocycles. The number of rotatable bonds is 5. The maximum absolute atomic E-state index is 14.4. The van der Waals surface area contributed by atoms with Gasteiger partial charge in [0.1, 0.15) is 17.5 Å². The van der Waals surface area contributed by atoms with Crippen molar-refractivity contribution in [3.8, 4) is 16.9 Å². The van der Waals surface area contributed by atoms with E-state index in [2.05, 4.69) is 26.0 Å². The zero-order valence-corrected chi connectivity index (χ0v) is 25.5. The van der Waals surface area contributed by atoms with Crippen molar-refractivity contribution in [1.29, 1.82) is 0 Å². The highest BCUT2D eigenvalue weighted by Crippen LogP contribution is 2.64. The van der Waals surface area contributed by atoms with Crippen LogP contribution in [0.4, 0.5) is 0 Å². The fourth-order valence-corrected chi connectivity index (χ4v) is 8.87. The van der Waals surface area contributed by atoms with Gasteiger partial charge in [-0.3, -0.25) is 24.0 Å². The summed E-state index contributed by atoms with van der Waals surface area (Å²) in [5.74, 6) is -8.84. The third-order valence-corrected chi connectivity index (χ3v) is 10.5. The molecule has 7 nitrogen and oxygen atoms in total. The maximum atomic E-state index is 14.4. The molecule has 6 atom stereocenters. The molecule has 0 bridgehead atoms. The van der Waals surface area contributed by atoms with Gasteiger partial charge in [0.05, 0.1) is 11.5 Å². The lowest BCUT2D eigenvalue weighted by molar-refractivity contribution is -0.205. The summed E-state index contributed by atoms with van der Waals surface area (Å²) >= 11 is 0. The first-order valence-electron chi connectivity index (χ1n) is 14.9. The molecule has 42 heavy (non-hydrogen) atoms. The Morgan fingerprint density at radius 1 is 0.976 bits per heavy atom. The molecule has 0 aromatic heterocycles.